The number of methoxy groups -OCH3 is 1. The van der Waals surface area contributed by atoms with Crippen molar-refractivity contribution in [3.63, 3.8) is 0 Å². The lowest BCUT2D eigenvalue weighted by atomic mass is 10.0. The molecular formula is C10H20N2O2. The zero-order chi connectivity index (χ0) is 10.6. The minimum Gasteiger partial charge on any atom is -0.384 e. The van der Waals surface area contributed by atoms with Crippen molar-refractivity contribution in [1.29, 1.82) is 0 Å². The van der Waals surface area contributed by atoms with E-state index in [-0.39, 0.29) is 17.9 Å². The van der Waals surface area contributed by atoms with Crippen LogP contribution in [-0.4, -0.2) is 43.7 Å². The number of likely N-dealkylation sites (tertiary alicyclic amines) is 1. The van der Waals surface area contributed by atoms with Gasteiger partial charge in [-0.15, -0.1) is 0 Å². The Labute approximate surface area is 85.4 Å². The quantitative estimate of drug-likeness (QED) is 0.709. The number of rotatable bonds is 3. The summed E-state index contributed by atoms with van der Waals surface area (Å²) in [6.45, 7) is 3.93. The molecule has 1 amide bonds. The summed E-state index contributed by atoms with van der Waals surface area (Å²) in [4.78, 5) is 13.7. The molecule has 1 aliphatic heterocycles. The van der Waals surface area contributed by atoms with Gasteiger partial charge < -0.3 is 15.4 Å². The monoisotopic (exact) mass is 200 g/mol. The van der Waals surface area contributed by atoms with Crippen LogP contribution in [0.2, 0.25) is 0 Å². The van der Waals surface area contributed by atoms with Gasteiger partial charge in [0.1, 0.15) is 0 Å². The van der Waals surface area contributed by atoms with Gasteiger partial charge in [0.25, 0.3) is 0 Å². The second-order valence-corrected chi connectivity index (χ2v) is 4.04. The van der Waals surface area contributed by atoms with Gasteiger partial charge in [0.15, 0.2) is 0 Å². The highest BCUT2D eigenvalue weighted by molar-refractivity contribution is 5.78. The zero-order valence-corrected chi connectivity index (χ0v) is 9.03. The fourth-order valence-corrected chi connectivity index (χ4v) is 1.84. The fraction of sp³-hybridized carbons (Fsp3) is 0.900. The number of nitrogens with zero attached hydrogens (tertiary/aromatic N) is 1. The first-order valence-corrected chi connectivity index (χ1v) is 5.18. The lowest BCUT2D eigenvalue weighted by Crippen LogP contribution is -2.47. The Morgan fingerprint density at radius 2 is 2.43 bits per heavy atom. The molecule has 0 radical (unpaired) electrons. The molecule has 2 N–H and O–H groups in total. The number of nitrogens with two attached hydrogens (primary N) is 1. The van der Waals surface area contributed by atoms with E-state index in [1.165, 1.54) is 0 Å². The fourth-order valence-electron chi connectivity index (χ4n) is 1.84. The molecule has 0 bridgehead atoms. The molecule has 0 aromatic rings. The van der Waals surface area contributed by atoms with Gasteiger partial charge in [-0.25, -0.2) is 0 Å². The molecule has 1 saturated heterocycles. The van der Waals surface area contributed by atoms with Gasteiger partial charge in [-0.2, -0.15) is 0 Å². The Hall–Kier alpha value is -0.610. The van der Waals surface area contributed by atoms with Crippen LogP contribution >= 0.6 is 0 Å². The predicted molar refractivity (Wildman–Crippen MR) is 54.8 cm³/mol. The Morgan fingerprint density at radius 3 is 3.00 bits per heavy atom. The van der Waals surface area contributed by atoms with Gasteiger partial charge >= 0.3 is 0 Å². The topological polar surface area (TPSA) is 55.6 Å². The molecular weight excluding hydrogens is 180 g/mol. The summed E-state index contributed by atoms with van der Waals surface area (Å²) in [5.74, 6) is 0.118. The van der Waals surface area contributed by atoms with Crippen LogP contribution in [0.15, 0.2) is 0 Å². The largest absolute Gasteiger partial charge is 0.384 e. The van der Waals surface area contributed by atoms with Crippen molar-refractivity contribution < 1.29 is 9.53 Å². The highest BCUT2D eigenvalue weighted by atomic mass is 16.5. The molecule has 14 heavy (non-hydrogen) atoms. The second-order valence-electron chi connectivity index (χ2n) is 4.04. The van der Waals surface area contributed by atoms with E-state index in [9.17, 15) is 4.79 Å². The molecule has 0 unspecified atom stereocenters. The normalized spacial score (nSPS) is 24.8. The standard InChI is InChI=1S/C10H20N2O2/c1-8(7-14-2)10(13)12-5-3-4-9(11)6-12/h8-9H,3-7,11H2,1-2H3/t8-,9-/m1/s1. The van der Waals surface area contributed by atoms with Crippen molar-refractivity contribution in [3.8, 4) is 0 Å². The number of carbonyl (C=O) groups excluding carboxylic acids is 1. The van der Waals surface area contributed by atoms with E-state index in [1.807, 2.05) is 11.8 Å². The van der Waals surface area contributed by atoms with Crippen LogP contribution in [0, 0.1) is 5.92 Å². The molecule has 1 aliphatic rings. The molecule has 2 atom stereocenters. The lowest BCUT2D eigenvalue weighted by Gasteiger charge is -2.32. The maximum Gasteiger partial charge on any atom is 0.227 e. The van der Waals surface area contributed by atoms with Crippen molar-refractivity contribution in [2.75, 3.05) is 26.8 Å². The lowest BCUT2D eigenvalue weighted by molar-refractivity contribution is -0.137. The molecule has 4 heteroatoms. The van der Waals surface area contributed by atoms with Crippen LogP contribution in [0.1, 0.15) is 19.8 Å². The van der Waals surface area contributed by atoms with Crippen molar-refractivity contribution in [3.05, 3.63) is 0 Å². The summed E-state index contributed by atoms with van der Waals surface area (Å²) in [6, 6.07) is 0.155. The number of amides is 1. The van der Waals surface area contributed by atoms with Gasteiger partial charge in [0.2, 0.25) is 5.91 Å². The average molecular weight is 200 g/mol. The molecule has 0 aromatic carbocycles. The maximum atomic E-state index is 11.8. The van der Waals surface area contributed by atoms with Gasteiger partial charge in [-0.3, -0.25) is 4.79 Å². The van der Waals surface area contributed by atoms with E-state index in [4.69, 9.17) is 10.5 Å². The van der Waals surface area contributed by atoms with Crippen molar-refractivity contribution in [2.24, 2.45) is 11.7 Å². The number of hydrogen-bond donors (Lipinski definition) is 1. The highest BCUT2D eigenvalue weighted by Crippen LogP contribution is 2.11. The predicted octanol–water partition coefficient (Wildman–Crippen LogP) is 0.219. The smallest absolute Gasteiger partial charge is 0.227 e. The Morgan fingerprint density at radius 1 is 1.71 bits per heavy atom. The summed E-state index contributed by atoms with van der Waals surface area (Å²) in [6.07, 6.45) is 2.05. The molecule has 1 rings (SSSR count). The SMILES string of the molecule is COC[C@@H](C)C(=O)N1CCC[C@@H](N)C1. The molecule has 0 aliphatic carbocycles. The van der Waals surface area contributed by atoms with Crippen molar-refractivity contribution in [2.45, 2.75) is 25.8 Å². The van der Waals surface area contributed by atoms with Gasteiger partial charge in [0.05, 0.1) is 12.5 Å². The first-order valence-electron chi connectivity index (χ1n) is 5.18. The third-order valence-corrected chi connectivity index (χ3v) is 2.61. The van der Waals surface area contributed by atoms with E-state index < -0.39 is 0 Å². The second kappa shape index (κ2) is 5.32. The van der Waals surface area contributed by atoms with E-state index >= 15 is 0 Å². The Bertz CT molecular complexity index is 197. The summed E-state index contributed by atoms with van der Waals surface area (Å²) in [5, 5.41) is 0. The van der Waals surface area contributed by atoms with E-state index in [2.05, 4.69) is 0 Å². The minimum absolute atomic E-state index is 0.0506. The molecule has 0 saturated carbocycles. The van der Waals surface area contributed by atoms with Crippen LogP contribution in [0.4, 0.5) is 0 Å². The molecule has 1 fully saturated rings. The Kier molecular flexibility index (Phi) is 4.35. The van der Waals surface area contributed by atoms with Gasteiger partial charge in [0, 0.05) is 26.2 Å². The third-order valence-electron chi connectivity index (χ3n) is 2.61. The van der Waals surface area contributed by atoms with Gasteiger partial charge in [-0.1, -0.05) is 6.92 Å². The number of piperidine rings is 1. The van der Waals surface area contributed by atoms with E-state index in [0.717, 1.165) is 19.4 Å². The van der Waals surface area contributed by atoms with Crippen molar-refractivity contribution in [1.82, 2.24) is 4.90 Å². The maximum absolute atomic E-state index is 11.8. The molecule has 1 heterocycles. The number of ether oxygens (including phenoxy) is 1. The molecule has 82 valence electrons. The highest BCUT2D eigenvalue weighted by Gasteiger charge is 2.24. The summed E-state index contributed by atoms with van der Waals surface area (Å²) in [7, 11) is 1.62. The van der Waals surface area contributed by atoms with E-state index in [0.29, 0.717) is 13.2 Å². The molecule has 4 nitrogen and oxygen atoms in total. The van der Waals surface area contributed by atoms with Gasteiger partial charge in [-0.05, 0) is 12.8 Å². The van der Waals surface area contributed by atoms with Crippen LogP contribution in [0.3, 0.4) is 0 Å². The average Bonchev–Trinajstić information content (AvgIpc) is 2.17. The van der Waals surface area contributed by atoms with Crippen LogP contribution < -0.4 is 5.73 Å². The summed E-state index contributed by atoms with van der Waals surface area (Å²) in [5.41, 5.74) is 5.81. The summed E-state index contributed by atoms with van der Waals surface area (Å²) < 4.78 is 4.96. The number of carbonyl (C=O) groups is 1. The third kappa shape index (κ3) is 2.96. The van der Waals surface area contributed by atoms with Crippen molar-refractivity contribution >= 4 is 5.91 Å². The van der Waals surface area contributed by atoms with Crippen LogP contribution in [0.5, 0.6) is 0 Å². The number of hydrogen-bond acceptors (Lipinski definition) is 3. The van der Waals surface area contributed by atoms with E-state index in [1.54, 1.807) is 7.11 Å². The molecule has 0 spiro atoms. The Balaban J connectivity index is 2.42. The first kappa shape index (κ1) is 11.5. The van der Waals surface area contributed by atoms with Crippen LogP contribution in [0.25, 0.3) is 0 Å². The molecule has 0 aromatic heterocycles. The minimum atomic E-state index is -0.0506. The van der Waals surface area contributed by atoms with Crippen LogP contribution in [-0.2, 0) is 9.53 Å². The zero-order valence-electron chi connectivity index (χ0n) is 9.03. The summed E-state index contributed by atoms with van der Waals surface area (Å²) >= 11 is 0. The first-order chi connectivity index (χ1) is 6.65.